The van der Waals surface area contributed by atoms with Crippen LogP contribution in [0.1, 0.15) is 11.5 Å². The molecule has 0 amide bonds. The average molecular weight is 259 g/mol. The highest BCUT2D eigenvalue weighted by atomic mass is 79.9. The lowest BCUT2D eigenvalue weighted by Gasteiger charge is -2.08. The Bertz CT molecular complexity index is 354. The lowest BCUT2D eigenvalue weighted by Crippen LogP contribution is -2.03. The fourth-order valence-corrected chi connectivity index (χ4v) is 1.50. The fraction of sp³-hybridized carbons (Fsp3) is 0.222. The number of aliphatic hydroxyl groups is 1. The topological polar surface area (TPSA) is 63.4 Å². The third kappa shape index (κ3) is 2.30. The van der Waals surface area contributed by atoms with E-state index in [-0.39, 0.29) is 12.3 Å². The molecule has 0 aromatic heterocycles. The fourth-order valence-electron chi connectivity index (χ4n) is 1.12. The van der Waals surface area contributed by atoms with Crippen molar-refractivity contribution in [2.75, 3.05) is 6.61 Å². The third-order valence-electron chi connectivity index (χ3n) is 1.85. The molecule has 1 N–H and O–H groups in total. The van der Waals surface area contributed by atoms with E-state index in [2.05, 4.69) is 22.9 Å². The SMILES string of the molecule is [CH2]C(CO)c1cc(Br)ccc1[N+](=O)[O-]. The Balaban J connectivity index is 3.22. The molecule has 1 atom stereocenters. The standard InChI is InChI=1S/C9H9BrNO3/c1-6(5-12)8-4-7(10)2-3-9(8)11(13)14/h2-4,6,12H,1,5H2. The summed E-state index contributed by atoms with van der Waals surface area (Å²) >= 11 is 3.21. The molecule has 0 heterocycles. The number of nitro groups is 1. The Morgan fingerprint density at radius 3 is 2.79 bits per heavy atom. The van der Waals surface area contributed by atoms with Crippen molar-refractivity contribution in [2.24, 2.45) is 0 Å². The van der Waals surface area contributed by atoms with Crippen LogP contribution in [-0.2, 0) is 0 Å². The molecule has 5 heteroatoms. The van der Waals surface area contributed by atoms with E-state index in [1.165, 1.54) is 6.07 Å². The van der Waals surface area contributed by atoms with Crippen molar-refractivity contribution in [3.05, 3.63) is 45.3 Å². The van der Waals surface area contributed by atoms with Crippen LogP contribution in [0, 0.1) is 17.0 Å². The second-order valence-electron chi connectivity index (χ2n) is 2.84. The van der Waals surface area contributed by atoms with Gasteiger partial charge < -0.3 is 5.11 Å². The highest BCUT2D eigenvalue weighted by Crippen LogP contribution is 2.28. The molecule has 1 radical (unpaired) electrons. The van der Waals surface area contributed by atoms with Gasteiger partial charge in [-0.1, -0.05) is 15.9 Å². The molecule has 1 aromatic carbocycles. The molecule has 0 aliphatic heterocycles. The van der Waals surface area contributed by atoms with Gasteiger partial charge in [0.2, 0.25) is 0 Å². The molecule has 0 aliphatic rings. The van der Waals surface area contributed by atoms with Gasteiger partial charge in [0, 0.05) is 22.0 Å². The largest absolute Gasteiger partial charge is 0.396 e. The van der Waals surface area contributed by atoms with Crippen molar-refractivity contribution in [1.82, 2.24) is 0 Å². The molecule has 0 fully saturated rings. The number of hydrogen-bond acceptors (Lipinski definition) is 3. The highest BCUT2D eigenvalue weighted by molar-refractivity contribution is 9.10. The number of rotatable bonds is 3. The van der Waals surface area contributed by atoms with Crippen molar-refractivity contribution < 1.29 is 10.0 Å². The van der Waals surface area contributed by atoms with Crippen molar-refractivity contribution in [3.8, 4) is 0 Å². The number of nitrogens with zero attached hydrogens (tertiary/aromatic N) is 1. The van der Waals surface area contributed by atoms with Gasteiger partial charge in [-0.2, -0.15) is 0 Å². The average Bonchev–Trinajstić information content (AvgIpc) is 2.16. The summed E-state index contributed by atoms with van der Waals surface area (Å²) in [6.07, 6.45) is 0. The maximum atomic E-state index is 10.6. The molecule has 14 heavy (non-hydrogen) atoms. The predicted octanol–water partition coefficient (Wildman–Crippen LogP) is 2.27. The van der Waals surface area contributed by atoms with E-state index in [9.17, 15) is 10.1 Å². The first kappa shape index (κ1) is 11.1. The van der Waals surface area contributed by atoms with E-state index in [0.717, 1.165) is 4.47 Å². The zero-order valence-electron chi connectivity index (χ0n) is 7.31. The van der Waals surface area contributed by atoms with E-state index in [4.69, 9.17) is 5.11 Å². The van der Waals surface area contributed by atoms with Crippen LogP contribution in [0.2, 0.25) is 0 Å². The minimum atomic E-state index is -0.479. The summed E-state index contributed by atoms with van der Waals surface area (Å²) in [4.78, 5) is 10.2. The van der Waals surface area contributed by atoms with E-state index in [1.54, 1.807) is 12.1 Å². The van der Waals surface area contributed by atoms with E-state index in [1.807, 2.05) is 0 Å². The molecule has 1 aromatic rings. The molecule has 75 valence electrons. The summed E-state index contributed by atoms with van der Waals surface area (Å²) in [6, 6.07) is 4.59. The Morgan fingerprint density at radius 1 is 1.64 bits per heavy atom. The molecule has 0 aliphatic carbocycles. The Labute approximate surface area is 89.8 Å². The predicted molar refractivity (Wildman–Crippen MR) is 56.0 cm³/mol. The van der Waals surface area contributed by atoms with Gasteiger partial charge in [0.25, 0.3) is 5.69 Å². The van der Waals surface area contributed by atoms with Crippen LogP contribution in [0.4, 0.5) is 5.69 Å². The number of benzene rings is 1. The Hall–Kier alpha value is -0.940. The molecule has 0 saturated carbocycles. The second kappa shape index (κ2) is 4.52. The molecule has 0 bridgehead atoms. The van der Waals surface area contributed by atoms with Crippen LogP contribution in [0.3, 0.4) is 0 Å². The minimum Gasteiger partial charge on any atom is -0.396 e. The van der Waals surface area contributed by atoms with Crippen LogP contribution in [-0.4, -0.2) is 16.6 Å². The minimum absolute atomic E-state index is 0.0118. The summed E-state index contributed by atoms with van der Waals surface area (Å²) < 4.78 is 0.736. The smallest absolute Gasteiger partial charge is 0.273 e. The summed E-state index contributed by atoms with van der Waals surface area (Å²) in [7, 11) is 0. The second-order valence-corrected chi connectivity index (χ2v) is 3.76. The Kier molecular flexibility index (Phi) is 3.60. The summed E-state index contributed by atoms with van der Waals surface area (Å²) in [5, 5.41) is 19.5. The van der Waals surface area contributed by atoms with E-state index >= 15 is 0 Å². The number of halogens is 1. The normalized spacial score (nSPS) is 12.5. The van der Waals surface area contributed by atoms with Gasteiger partial charge in [-0.05, 0) is 19.1 Å². The zero-order chi connectivity index (χ0) is 10.7. The first-order chi connectivity index (χ1) is 6.56. The van der Waals surface area contributed by atoms with Gasteiger partial charge in [0.1, 0.15) is 0 Å². The summed E-state index contributed by atoms with van der Waals surface area (Å²) in [5.41, 5.74) is 0.425. The van der Waals surface area contributed by atoms with Crippen LogP contribution in [0.15, 0.2) is 22.7 Å². The number of hydrogen-bond donors (Lipinski definition) is 1. The number of nitro benzene ring substituents is 1. The van der Waals surface area contributed by atoms with Crippen LogP contribution in [0.25, 0.3) is 0 Å². The van der Waals surface area contributed by atoms with Crippen molar-refractivity contribution in [1.29, 1.82) is 0 Å². The highest BCUT2D eigenvalue weighted by Gasteiger charge is 2.18. The quantitative estimate of drug-likeness (QED) is 0.668. The van der Waals surface area contributed by atoms with Crippen molar-refractivity contribution >= 4 is 21.6 Å². The lowest BCUT2D eigenvalue weighted by molar-refractivity contribution is -0.385. The van der Waals surface area contributed by atoms with Crippen molar-refractivity contribution in [3.63, 3.8) is 0 Å². The maximum absolute atomic E-state index is 10.6. The monoisotopic (exact) mass is 258 g/mol. The van der Waals surface area contributed by atoms with E-state index < -0.39 is 10.8 Å². The van der Waals surface area contributed by atoms with Gasteiger partial charge in [-0.15, -0.1) is 0 Å². The summed E-state index contributed by atoms with van der Waals surface area (Å²) in [6.45, 7) is 3.42. The zero-order valence-corrected chi connectivity index (χ0v) is 8.90. The van der Waals surface area contributed by atoms with Gasteiger partial charge >= 0.3 is 0 Å². The molecule has 0 saturated heterocycles. The third-order valence-corrected chi connectivity index (χ3v) is 2.34. The van der Waals surface area contributed by atoms with Crippen LogP contribution in [0.5, 0.6) is 0 Å². The van der Waals surface area contributed by atoms with Crippen LogP contribution < -0.4 is 0 Å². The summed E-state index contributed by atoms with van der Waals surface area (Å²) in [5.74, 6) is -0.479. The maximum Gasteiger partial charge on any atom is 0.273 e. The van der Waals surface area contributed by atoms with E-state index in [0.29, 0.717) is 5.56 Å². The lowest BCUT2D eigenvalue weighted by atomic mass is 10.0. The van der Waals surface area contributed by atoms with Crippen molar-refractivity contribution in [2.45, 2.75) is 5.92 Å². The molecule has 4 nitrogen and oxygen atoms in total. The number of aliphatic hydroxyl groups excluding tert-OH is 1. The first-order valence-electron chi connectivity index (χ1n) is 3.94. The molecular formula is C9H9BrNO3. The molecular weight excluding hydrogens is 250 g/mol. The molecule has 0 spiro atoms. The van der Waals surface area contributed by atoms with Crippen LogP contribution >= 0.6 is 15.9 Å². The first-order valence-corrected chi connectivity index (χ1v) is 4.73. The van der Waals surface area contributed by atoms with Gasteiger partial charge in [0.15, 0.2) is 0 Å². The molecule has 1 unspecified atom stereocenters. The molecule has 1 rings (SSSR count). The Morgan fingerprint density at radius 2 is 2.29 bits per heavy atom. The van der Waals surface area contributed by atoms with Gasteiger partial charge in [-0.3, -0.25) is 10.1 Å². The van der Waals surface area contributed by atoms with Gasteiger partial charge in [0.05, 0.1) is 11.5 Å². The van der Waals surface area contributed by atoms with Gasteiger partial charge in [-0.25, -0.2) is 0 Å².